The summed E-state index contributed by atoms with van der Waals surface area (Å²) < 4.78 is 5.11. The van der Waals surface area contributed by atoms with E-state index in [1.165, 1.54) is 31.6 Å². The zero-order valence-corrected chi connectivity index (χ0v) is 8.24. The fourth-order valence-electron chi connectivity index (χ4n) is 1.62. The lowest BCUT2D eigenvalue weighted by Gasteiger charge is -2.30. The predicted molar refractivity (Wildman–Crippen MR) is 52.7 cm³/mol. The topological polar surface area (TPSA) is 21.3 Å². The maximum absolute atomic E-state index is 5.11. The molecular weight excluding hydrogens is 170 g/mol. The van der Waals surface area contributed by atoms with E-state index in [9.17, 15) is 0 Å². The maximum atomic E-state index is 5.11. The van der Waals surface area contributed by atoms with Crippen LogP contribution in [0.5, 0.6) is 0 Å². The van der Waals surface area contributed by atoms with E-state index >= 15 is 0 Å². The molecule has 0 aromatic heterocycles. The minimum absolute atomic E-state index is 0.660. The van der Waals surface area contributed by atoms with E-state index in [1.54, 1.807) is 0 Å². The molecule has 1 unspecified atom stereocenters. The highest BCUT2D eigenvalue weighted by Crippen LogP contribution is 2.24. The minimum atomic E-state index is 0.660. The molecule has 2 nitrogen and oxygen atoms in total. The van der Waals surface area contributed by atoms with Crippen LogP contribution in [0.3, 0.4) is 0 Å². The molecule has 0 amide bonds. The van der Waals surface area contributed by atoms with E-state index in [-0.39, 0.29) is 0 Å². The molecule has 3 heteroatoms. The van der Waals surface area contributed by atoms with Crippen LogP contribution in [0.15, 0.2) is 0 Å². The van der Waals surface area contributed by atoms with E-state index in [4.69, 9.17) is 4.74 Å². The molecule has 0 aliphatic carbocycles. The van der Waals surface area contributed by atoms with Gasteiger partial charge in [-0.3, -0.25) is 0 Å². The standard InChI is InChI=1S/C9H17NOS/c1-2-4-12-9(3-1)5-10-8-6-11-7-8/h8-10H,1-7H2. The van der Waals surface area contributed by atoms with Crippen LogP contribution in [-0.4, -0.2) is 36.8 Å². The molecule has 2 aliphatic rings. The first-order valence-electron chi connectivity index (χ1n) is 4.88. The molecule has 1 atom stereocenters. The number of nitrogens with one attached hydrogen (secondary N) is 1. The number of hydrogen-bond acceptors (Lipinski definition) is 3. The summed E-state index contributed by atoms with van der Waals surface area (Å²) in [5.41, 5.74) is 0. The maximum Gasteiger partial charge on any atom is 0.0643 e. The van der Waals surface area contributed by atoms with Crippen LogP contribution in [-0.2, 0) is 4.74 Å². The summed E-state index contributed by atoms with van der Waals surface area (Å²) in [4.78, 5) is 0. The molecule has 0 bridgehead atoms. The Labute approximate surface area is 78.4 Å². The van der Waals surface area contributed by atoms with Gasteiger partial charge >= 0.3 is 0 Å². The molecule has 2 heterocycles. The summed E-state index contributed by atoms with van der Waals surface area (Å²) in [5.74, 6) is 1.37. The molecule has 2 fully saturated rings. The van der Waals surface area contributed by atoms with Gasteiger partial charge in [0.1, 0.15) is 0 Å². The Morgan fingerprint density at radius 2 is 2.25 bits per heavy atom. The highest BCUT2D eigenvalue weighted by atomic mass is 32.2. The van der Waals surface area contributed by atoms with Gasteiger partial charge < -0.3 is 10.1 Å². The number of ether oxygens (including phenoxy) is 1. The monoisotopic (exact) mass is 187 g/mol. The van der Waals surface area contributed by atoms with Crippen LogP contribution in [0.4, 0.5) is 0 Å². The van der Waals surface area contributed by atoms with Gasteiger partial charge in [-0.15, -0.1) is 0 Å². The van der Waals surface area contributed by atoms with Crippen molar-refractivity contribution in [2.45, 2.75) is 30.6 Å². The number of rotatable bonds is 3. The Kier molecular flexibility index (Phi) is 3.31. The summed E-state index contributed by atoms with van der Waals surface area (Å²) in [5, 5.41) is 4.42. The zero-order chi connectivity index (χ0) is 8.23. The number of hydrogen-bond donors (Lipinski definition) is 1. The van der Waals surface area contributed by atoms with E-state index in [0.29, 0.717) is 6.04 Å². The van der Waals surface area contributed by atoms with E-state index in [0.717, 1.165) is 18.5 Å². The van der Waals surface area contributed by atoms with Crippen LogP contribution < -0.4 is 5.32 Å². The van der Waals surface area contributed by atoms with E-state index < -0.39 is 0 Å². The van der Waals surface area contributed by atoms with Crippen LogP contribution in [0.25, 0.3) is 0 Å². The summed E-state index contributed by atoms with van der Waals surface area (Å²) in [6.07, 6.45) is 4.26. The summed E-state index contributed by atoms with van der Waals surface area (Å²) in [7, 11) is 0. The molecule has 12 heavy (non-hydrogen) atoms. The fourth-order valence-corrected chi connectivity index (χ4v) is 2.87. The van der Waals surface area contributed by atoms with Gasteiger partial charge in [-0.1, -0.05) is 6.42 Å². The lowest BCUT2D eigenvalue weighted by Crippen LogP contribution is -2.48. The Hall–Kier alpha value is 0.270. The first-order valence-corrected chi connectivity index (χ1v) is 5.93. The van der Waals surface area contributed by atoms with Crippen molar-refractivity contribution >= 4 is 11.8 Å². The lowest BCUT2D eigenvalue weighted by atomic mass is 10.1. The van der Waals surface area contributed by atoms with Gasteiger partial charge in [0, 0.05) is 11.8 Å². The average Bonchev–Trinajstić information content (AvgIpc) is 2.04. The van der Waals surface area contributed by atoms with Crippen molar-refractivity contribution in [1.82, 2.24) is 5.32 Å². The largest absolute Gasteiger partial charge is 0.378 e. The Morgan fingerprint density at radius 3 is 2.83 bits per heavy atom. The van der Waals surface area contributed by atoms with Gasteiger partial charge in [0.05, 0.1) is 19.3 Å². The van der Waals surface area contributed by atoms with Crippen LogP contribution >= 0.6 is 11.8 Å². The summed E-state index contributed by atoms with van der Waals surface area (Å²) in [6, 6.07) is 0.660. The average molecular weight is 187 g/mol. The van der Waals surface area contributed by atoms with Crippen LogP contribution in [0.1, 0.15) is 19.3 Å². The van der Waals surface area contributed by atoms with Gasteiger partial charge in [0.2, 0.25) is 0 Å². The van der Waals surface area contributed by atoms with Crippen LogP contribution in [0.2, 0.25) is 0 Å². The van der Waals surface area contributed by atoms with Crippen molar-refractivity contribution in [1.29, 1.82) is 0 Å². The lowest BCUT2D eigenvalue weighted by molar-refractivity contribution is -0.00481. The molecule has 0 radical (unpaired) electrons. The van der Waals surface area contributed by atoms with Crippen molar-refractivity contribution in [3.05, 3.63) is 0 Å². The summed E-state index contributed by atoms with van der Waals surface area (Å²) in [6.45, 7) is 3.05. The Morgan fingerprint density at radius 1 is 1.33 bits per heavy atom. The third-order valence-corrected chi connectivity index (χ3v) is 3.94. The van der Waals surface area contributed by atoms with Crippen molar-refractivity contribution in [2.75, 3.05) is 25.5 Å². The first-order chi connectivity index (χ1) is 5.95. The smallest absolute Gasteiger partial charge is 0.0643 e. The number of thioether (sulfide) groups is 1. The highest BCUT2D eigenvalue weighted by Gasteiger charge is 2.20. The second kappa shape index (κ2) is 4.49. The SMILES string of the molecule is C1CCC(CNC2COC2)SC1. The predicted octanol–water partition coefficient (Wildman–Crippen LogP) is 1.26. The van der Waals surface area contributed by atoms with E-state index in [1.807, 2.05) is 0 Å². The third kappa shape index (κ3) is 2.38. The quantitative estimate of drug-likeness (QED) is 0.719. The van der Waals surface area contributed by atoms with Gasteiger partial charge in [0.25, 0.3) is 0 Å². The highest BCUT2D eigenvalue weighted by molar-refractivity contribution is 7.99. The minimum Gasteiger partial charge on any atom is -0.378 e. The van der Waals surface area contributed by atoms with Crippen LogP contribution in [0, 0.1) is 0 Å². The molecule has 2 saturated heterocycles. The van der Waals surface area contributed by atoms with Crippen molar-refractivity contribution in [2.24, 2.45) is 0 Å². The second-order valence-corrected chi connectivity index (χ2v) is 5.04. The Bertz CT molecular complexity index is 132. The van der Waals surface area contributed by atoms with Gasteiger partial charge in [-0.25, -0.2) is 0 Å². The van der Waals surface area contributed by atoms with Gasteiger partial charge in [0.15, 0.2) is 0 Å². The summed E-state index contributed by atoms with van der Waals surface area (Å²) >= 11 is 2.14. The van der Waals surface area contributed by atoms with Gasteiger partial charge in [-0.2, -0.15) is 11.8 Å². The molecule has 0 aromatic rings. The van der Waals surface area contributed by atoms with Crippen molar-refractivity contribution in [3.63, 3.8) is 0 Å². The second-order valence-electron chi connectivity index (χ2n) is 3.63. The van der Waals surface area contributed by atoms with Crippen molar-refractivity contribution < 1.29 is 4.74 Å². The molecular formula is C9H17NOS. The third-order valence-electron chi connectivity index (χ3n) is 2.55. The zero-order valence-electron chi connectivity index (χ0n) is 7.42. The molecule has 2 aliphatic heterocycles. The molecule has 1 N–H and O–H groups in total. The fraction of sp³-hybridized carbons (Fsp3) is 1.00. The first kappa shape index (κ1) is 8.85. The van der Waals surface area contributed by atoms with Crippen molar-refractivity contribution in [3.8, 4) is 0 Å². The molecule has 0 spiro atoms. The normalized spacial score (nSPS) is 31.5. The molecule has 70 valence electrons. The molecule has 0 saturated carbocycles. The van der Waals surface area contributed by atoms with Gasteiger partial charge in [-0.05, 0) is 18.6 Å². The Balaban J connectivity index is 1.58. The molecule has 0 aromatic carbocycles. The van der Waals surface area contributed by atoms with E-state index in [2.05, 4.69) is 17.1 Å². The molecule has 2 rings (SSSR count).